The molecule has 2 aromatic heterocycles. The predicted octanol–water partition coefficient (Wildman–Crippen LogP) is 4.81. The monoisotopic (exact) mass is 472 g/mol. The van der Waals surface area contributed by atoms with Crippen molar-refractivity contribution in [3.8, 4) is 28.7 Å². The zero-order valence-corrected chi connectivity index (χ0v) is 17.9. The number of hydrogen-bond acceptors (Lipinski definition) is 6. The van der Waals surface area contributed by atoms with Crippen molar-refractivity contribution in [3.05, 3.63) is 65.9 Å². The van der Waals surface area contributed by atoms with Gasteiger partial charge in [0.2, 0.25) is 5.82 Å². The molecule has 2 aromatic carbocycles. The molecular weight excluding hydrogens is 454 g/mol. The van der Waals surface area contributed by atoms with Crippen LogP contribution < -0.4 is 9.64 Å². The molecule has 1 radical (unpaired) electrons. The minimum atomic E-state index is -4.76. The van der Waals surface area contributed by atoms with E-state index in [9.17, 15) is 17.6 Å². The van der Waals surface area contributed by atoms with Crippen LogP contribution in [0.25, 0.3) is 23.0 Å². The quantitative estimate of drug-likeness (QED) is 0.375. The summed E-state index contributed by atoms with van der Waals surface area (Å²) in [5.41, 5.74) is 3.59. The lowest BCUT2D eigenvalue weighted by Gasteiger charge is -2.37. The van der Waals surface area contributed by atoms with Crippen LogP contribution in [0.15, 0.2) is 53.1 Å². The highest BCUT2D eigenvalue weighted by Gasteiger charge is 2.31. The van der Waals surface area contributed by atoms with E-state index in [0.717, 1.165) is 16.9 Å². The number of nitrogens with zero attached hydrogens (tertiary/aromatic N) is 5. The molecule has 0 aliphatic carbocycles. The second kappa shape index (κ2) is 8.47. The summed E-state index contributed by atoms with van der Waals surface area (Å²) in [6.45, 7) is 3.05. The van der Waals surface area contributed by atoms with Crippen LogP contribution in [0.1, 0.15) is 11.3 Å². The highest BCUT2D eigenvalue weighted by Crippen LogP contribution is 2.29. The predicted molar refractivity (Wildman–Crippen MR) is 114 cm³/mol. The Morgan fingerprint density at radius 2 is 1.94 bits per heavy atom. The molecular formula is C23H18F4N5O2. The smallest absolute Gasteiger partial charge is 0.406 e. The summed E-state index contributed by atoms with van der Waals surface area (Å²) in [6.07, 6.45) is -5.58. The van der Waals surface area contributed by atoms with E-state index < -0.39 is 12.5 Å². The number of aryl methyl sites for hydroxylation is 1. The Bertz CT molecular complexity index is 1290. The average Bonchev–Trinajstić information content (AvgIpc) is 3.39. The summed E-state index contributed by atoms with van der Waals surface area (Å²) in [6, 6.07) is 15.8. The Balaban J connectivity index is 1.34. The Hall–Kier alpha value is -3.89. The molecule has 0 bridgehead atoms. The number of rotatable bonds is 6. The van der Waals surface area contributed by atoms with Crippen LogP contribution in [0, 0.1) is 13.0 Å². The number of para-hydroxylation sites is 1. The number of hydrogen-bond donors (Lipinski definition) is 0. The molecule has 1 saturated heterocycles. The van der Waals surface area contributed by atoms with E-state index in [1.165, 1.54) is 24.3 Å². The van der Waals surface area contributed by atoms with Crippen molar-refractivity contribution in [2.75, 3.05) is 18.0 Å². The third kappa shape index (κ3) is 4.59. The zero-order chi connectivity index (χ0) is 23.9. The molecule has 175 valence electrons. The maximum Gasteiger partial charge on any atom is 0.573 e. The third-order valence-corrected chi connectivity index (χ3v) is 5.36. The van der Waals surface area contributed by atoms with Gasteiger partial charge >= 0.3 is 6.36 Å². The first kappa shape index (κ1) is 21.9. The standard InChI is InChI=1S/C23H18F4N5O2/c1-14-10-19(29-32(14)11-16-4-2-3-5-20(16)31-12-17(24)13-31)22-28-21(30-34-22)15-6-8-18(9-7-15)33-23(25,26)27/h2-4,6-10,17H,11-13H2,1H3. The van der Waals surface area contributed by atoms with Gasteiger partial charge < -0.3 is 14.2 Å². The van der Waals surface area contributed by atoms with Crippen molar-refractivity contribution in [2.45, 2.75) is 26.0 Å². The molecule has 1 aliphatic rings. The number of ether oxygens (including phenoxy) is 1. The maximum absolute atomic E-state index is 13.3. The molecule has 5 rings (SSSR count). The fourth-order valence-electron chi connectivity index (χ4n) is 3.68. The van der Waals surface area contributed by atoms with E-state index in [2.05, 4.69) is 26.0 Å². The van der Waals surface area contributed by atoms with Gasteiger partial charge in [-0.15, -0.1) is 13.2 Å². The molecule has 0 spiro atoms. The van der Waals surface area contributed by atoms with E-state index in [1.54, 1.807) is 16.8 Å². The van der Waals surface area contributed by atoms with Crippen LogP contribution in [0.2, 0.25) is 0 Å². The lowest BCUT2D eigenvalue weighted by Crippen LogP contribution is -2.48. The highest BCUT2D eigenvalue weighted by atomic mass is 19.4. The first-order chi connectivity index (χ1) is 16.2. The van der Waals surface area contributed by atoms with Crippen molar-refractivity contribution in [2.24, 2.45) is 0 Å². The Labute approximate surface area is 191 Å². The Morgan fingerprint density at radius 1 is 1.18 bits per heavy atom. The molecule has 1 aliphatic heterocycles. The molecule has 0 atom stereocenters. The van der Waals surface area contributed by atoms with Crippen LogP contribution >= 0.6 is 0 Å². The van der Waals surface area contributed by atoms with Crippen molar-refractivity contribution >= 4 is 5.69 Å². The summed E-state index contributed by atoms with van der Waals surface area (Å²) >= 11 is 0. The first-order valence-electron chi connectivity index (χ1n) is 10.4. The molecule has 4 aromatic rings. The topological polar surface area (TPSA) is 69.2 Å². The normalized spacial score (nSPS) is 14.3. The van der Waals surface area contributed by atoms with Crippen LogP contribution in [0.5, 0.6) is 5.75 Å². The van der Waals surface area contributed by atoms with Crippen molar-refractivity contribution < 1.29 is 26.8 Å². The van der Waals surface area contributed by atoms with Crippen LogP contribution in [0.4, 0.5) is 23.2 Å². The second-order valence-electron chi connectivity index (χ2n) is 7.87. The van der Waals surface area contributed by atoms with E-state index in [0.29, 0.717) is 30.9 Å². The number of aromatic nitrogens is 4. The van der Waals surface area contributed by atoms with Gasteiger partial charge in [0, 0.05) is 23.0 Å². The summed E-state index contributed by atoms with van der Waals surface area (Å²) in [4.78, 5) is 6.26. The summed E-state index contributed by atoms with van der Waals surface area (Å²) in [5.74, 6) is 0.0433. The van der Waals surface area contributed by atoms with Gasteiger partial charge in [0.25, 0.3) is 5.89 Å². The molecule has 0 unspecified atom stereocenters. The molecule has 0 N–H and O–H groups in total. The average molecular weight is 472 g/mol. The minimum Gasteiger partial charge on any atom is -0.406 e. The molecule has 7 nitrogen and oxygen atoms in total. The number of benzene rings is 2. The minimum absolute atomic E-state index is 0.176. The van der Waals surface area contributed by atoms with Gasteiger partial charge in [-0.2, -0.15) is 10.1 Å². The van der Waals surface area contributed by atoms with Gasteiger partial charge in [0.1, 0.15) is 11.9 Å². The lowest BCUT2D eigenvalue weighted by molar-refractivity contribution is -0.274. The van der Waals surface area contributed by atoms with Gasteiger partial charge in [0.15, 0.2) is 5.69 Å². The second-order valence-corrected chi connectivity index (χ2v) is 7.87. The summed E-state index contributed by atoms with van der Waals surface area (Å²) in [5, 5.41) is 8.47. The molecule has 1 fully saturated rings. The fraction of sp³-hybridized carbons (Fsp3) is 0.261. The van der Waals surface area contributed by atoms with Crippen LogP contribution in [-0.2, 0) is 6.54 Å². The van der Waals surface area contributed by atoms with E-state index >= 15 is 0 Å². The van der Waals surface area contributed by atoms with Crippen molar-refractivity contribution in [1.29, 1.82) is 0 Å². The fourth-order valence-corrected chi connectivity index (χ4v) is 3.68. The third-order valence-electron chi connectivity index (χ3n) is 5.36. The van der Waals surface area contributed by atoms with E-state index in [1.807, 2.05) is 24.0 Å². The van der Waals surface area contributed by atoms with E-state index in [4.69, 9.17) is 4.52 Å². The van der Waals surface area contributed by atoms with E-state index in [-0.39, 0.29) is 17.5 Å². The Kier molecular flexibility index (Phi) is 5.46. The SMILES string of the molecule is Cc1cc(-c2nc(-c3ccc(OC(F)(F)F)cc3)no2)nn1Cc1ccc[c]c1N1CC(F)C1. The zero-order valence-electron chi connectivity index (χ0n) is 17.9. The molecule has 0 amide bonds. The first-order valence-corrected chi connectivity index (χ1v) is 10.4. The number of halogens is 4. The maximum atomic E-state index is 13.3. The van der Waals surface area contributed by atoms with Gasteiger partial charge in [-0.1, -0.05) is 23.4 Å². The van der Waals surface area contributed by atoms with Crippen molar-refractivity contribution in [3.63, 3.8) is 0 Å². The molecule has 11 heteroatoms. The van der Waals surface area contributed by atoms with Gasteiger partial charge in [0.05, 0.1) is 19.6 Å². The number of anilines is 1. The van der Waals surface area contributed by atoms with Crippen molar-refractivity contribution in [1.82, 2.24) is 19.9 Å². The largest absolute Gasteiger partial charge is 0.573 e. The lowest BCUT2D eigenvalue weighted by atomic mass is 10.1. The van der Waals surface area contributed by atoms with Crippen LogP contribution in [0.3, 0.4) is 0 Å². The molecule has 3 heterocycles. The Morgan fingerprint density at radius 3 is 2.65 bits per heavy atom. The summed E-state index contributed by atoms with van der Waals surface area (Å²) in [7, 11) is 0. The van der Waals surface area contributed by atoms with Gasteiger partial charge in [-0.3, -0.25) is 4.68 Å². The molecule has 0 saturated carbocycles. The molecule has 34 heavy (non-hydrogen) atoms. The van der Waals surface area contributed by atoms with Crippen LogP contribution in [-0.4, -0.2) is 45.5 Å². The van der Waals surface area contributed by atoms with Gasteiger partial charge in [-0.05, 0) is 42.8 Å². The van der Waals surface area contributed by atoms with Gasteiger partial charge in [-0.25, -0.2) is 4.39 Å². The highest BCUT2D eigenvalue weighted by molar-refractivity contribution is 5.59. The summed E-state index contributed by atoms with van der Waals surface area (Å²) < 4.78 is 61.3. The number of alkyl halides is 4.